The van der Waals surface area contributed by atoms with E-state index >= 15 is 0 Å². The second-order valence-electron chi connectivity index (χ2n) is 8.17. The molecule has 2 amide bonds. The number of carbonyl (C=O) groups is 2. The third kappa shape index (κ3) is 6.38. The predicted molar refractivity (Wildman–Crippen MR) is 125 cm³/mol. The van der Waals surface area contributed by atoms with E-state index in [1.807, 2.05) is 67.5 Å². The summed E-state index contributed by atoms with van der Waals surface area (Å²) in [5.74, 6) is -0.654. The van der Waals surface area contributed by atoms with E-state index in [1.54, 1.807) is 0 Å². The molecule has 2 aromatic carbocycles. The van der Waals surface area contributed by atoms with Gasteiger partial charge in [-0.05, 0) is 29.7 Å². The average molecular weight is 438 g/mol. The number of hydrogen-bond donors (Lipinski definition) is 3. The van der Waals surface area contributed by atoms with Crippen LogP contribution in [0.25, 0.3) is 0 Å². The number of nitrogens with zero attached hydrogens (tertiary/aromatic N) is 3. The number of carbonyl (C=O) groups excluding carboxylic acids is 2. The fourth-order valence-corrected chi connectivity index (χ4v) is 3.51. The number of aliphatic hydroxyl groups excluding tert-OH is 1. The Hall–Kier alpha value is -3.23. The highest BCUT2D eigenvalue weighted by molar-refractivity contribution is 6.43. The molecular weight excluding hydrogens is 406 g/mol. The summed E-state index contributed by atoms with van der Waals surface area (Å²) < 4.78 is 0. The molecule has 1 aliphatic heterocycles. The van der Waals surface area contributed by atoms with Crippen LogP contribution in [0.1, 0.15) is 17.5 Å². The lowest BCUT2D eigenvalue weighted by Crippen LogP contribution is -2.50. The van der Waals surface area contributed by atoms with E-state index in [-0.39, 0.29) is 18.0 Å². The molecule has 8 heteroatoms. The number of aliphatic hydroxyl groups is 1. The Bertz CT molecular complexity index is 961. The molecule has 3 rings (SSSR count). The van der Waals surface area contributed by atoms with Crippen molar-refractivity contribution in [3.05, 3.63) is 65.7 Å². The Kier molecular flexibility index (Phi) is 7.97. The van der Waals surface area contributed by atoms with Crippen molar-refractivity contribution >= 4 is 23.2 Å². The molecule has 0 radical (unpaired) electrons. The van der Waals surface area contributed by atoms with Gasteiger partial charge in [0.15, 0.2) is 0 Å². The first kappa shape index (κ1) is 23.4. The molecule has 0 saturated heterocycles. The minimum atomic E-state index is -0.827. The molecule has 0 bridgehead atoms. The van der Waals surface area contributed by atoms with Crippen LogP contribution in [-0.2, 0) is 22.6 Å². The molecule has 0 saturated carbocycles. The summed E-state index contributed by atoms with van der Waals surface area (Å²) >= 11 is 0. The SMILES string of the molecule is CN1N=C(C(=O)N[C@@H](Cc2ccccc2)[C@H](O)CNCc2cccc(N(C)C)c2)CC1=O. The Labute approximate surface area is 188 Å². The van der Waals surface area contributed by atoms with Gasteiger partial charge in [-0.3, -0.25) is 9.59 Å². The van der Waals surface area contributed by atoms with Gasteiger partial charge in [0.2, 0.25) is 5.91 Å². The molecule has 0 unspecified atom stereocenters. The summed E-state index contributed by atoms with van der Waals surface area (Å²) in [6.07, 6.45) is -0.397. The number of anilines is 1. The summed E-state index contributed by atoms with van der Waals surface area (Å²) in [5.41, 5.74) is 3.37. The fraction of sp³-hybridized carbons (Fsp3) is 0.375. The second kappa shape index (κ2) is 10.9. The van der Waals surface area contributed by atoms with Crippen LogP contribution in [0, 0.1) is 0 Å². The minimum Gasteiger partial charge on any atom is -0.390 e. The summed E-state index contributed by atoms with van der Waals surface area (Å²) in [7, 11) is 5.51. The smallest absolute Gasteiger partial charge is 0.268 e. The highest BCUT2D eigenvalue weighted by Gasteiger charge is 2.29. The summed E-state index contributed by atoms with van der Waals surface area (Å²) in [6.45, 7) is 0.895. The molecular formula is C24H31N5O3. The van der Waals surface area contributed by atoms with Crippen molar-refractivity contribution in [3.8, 4) is 0 Å². The molecule has 2 atom stereocenters. The molecule has 0 spiro atoms. The average Bonchev–Trinajstić information content (AvgIpc) is 3.12. The molecule has 1 aliphatic rings. The zero-order valence-electron chi connectivity index (χ0n) is 18.8. The normalized spacial score (nSPS) is 15.3. The Balaban J connectivity index is 1.63. The van der Waals surface area contributed by atoms with Crippen LogP contribution < -0.4 is 15.5 Å². The quantitative estimate of drug-likeness (QED) is 0.518. The Morgan fingerprint density at radius 1 is 1.16 bits per heavy atom. The highest BCUT2D eigenvalue weighted by atomic mass is 16.3. The molecule has 0 aromatic heterocycles. The van der Waals surface area contributed by atoms with Crippen LogP contribution in [0.2, 0.25) is 0 Å². The van der Waals surface area contributed by atoms with Gasteiger partial charge in [-0.25, -0.2) is 5.01 Å². The molecule has 8 nitrogen and oxygen atoms in total. The van der Waals surface area contributed by atoms with Gasteiger partial charge in [0.25, 0.3) is 5.91 Å². The van der Waals surface area contributed by atoms with E-state index in [4.69, 9.17) is 0 Å². The zero-order valence-corrected chi connectivity index (χ0v) is 18.8. The van der Waals surface area contributed by atoms with Crippen molar-refractivity contribution in [2.45, 2.75) is 31.5 Å². The minimum absolute atomic E-state index is 0.0308. The van der Waals surface area contributed by atoms with Crippen molar-refractivity contribution in [1.29, 1.82) is 0 Å². The van der Waals surface area contributed by atoms with E-state index in [1.165, 1.54) is 12.1 Å². The van der Waals surface area contributed by atoms with E-state index in [9.17, 15) is 14.7 Å². The first-order chi connectivity index (χ1) is 15.3. The third-order valence-electron chi connectivity index (χ3n) is 5.40. The standard InChI is InChI=1S/C24H31N5O3/c1-28(2)19-11-7-10-18(12-19)15-25-16-22(30)20(13-17-8-5-4-6-9-17)26-24(32)21-14-23(31)29(3)27-21/h4-12,20,22,25,30H,13-16H2,1-3H3,(H,26,32)/t20-,22+/m0/s1. The van der Waals surface area contributed by atoms with E-state index < -0.39 is 18.1 Å². The van der Waals surface area contributed by atoms with Gasteiger partial charge < -0.3 is 20.6 Å². The summed E-state index contributed by atoms with van der Waals surface area (Å²) in [6, 6.07) is 17.3. The lowest BCUT2D eigenvalue weighted by molar-refractivity contribution is -0.127. The van der Waals surface area contributed by atoms with Crippen LogP contribution in [0.3, 0.4) is 0 Å². The van der Waals surface area contributed by atoms with Gasteiger partial charge in [-0.15, -0.1) is 0 Å². The lowest BCUT2D eigenvalue weighted by Gasteiger charge is -2.25. The van der Waals surface area contributed by atoms with Gasteiger partial charge >= 0.3 is 0 Å². The van der Waals surface area contributed by atoms with Gasteiger partial charge in [-0.2, -0.15) is 5.10 Å². The van der Waals surface area contributed by atoms with E-state index in [0.29, 0.717) is 19.5 Å². The maximum atomic E-state index is 12.7. The van der Waals surface area contributed by atoms with Gasteiger partial charge in [0.1, 0.15) is 5.71 Å². The maximum absolute atomic E-state index is 12.7. The first-order valence-electron chi connectivity index (χ1n) is 10.7. The number of rotatable bonds is 10. The molecule has 170 valence electrons. The van der Waals surface area contributed by atoms with Crippen LogP contribution in [0.15, 0.2) is 59.7 Å². The van der Waals surface area contributed by atoms with Gasteiger partial charge in [0.05, 0.1) is 18.6 Å². The first-order valence-corrected chi connectivity index (χ1v) is 10.7. The number of hydrogen-bond acceptors (Lipinski definition) is 6. The van der Waals surface area contributed by atoms with Crippen LogP contribution >= 0.6 is 0 Å². The Morgan fingerprint density at radius 2 is 1.88 bits per heavy atom. The number of hydrazone groups is 1. The van der Waals surface area contributed by atoms with Gasteiger partial charge in [-0.1, -0.05) is 42.5 Å². The van der Waals surface area contributed by atoms with E-state index in [2.05, 4.69) is 21.8 Å². The molecule has 0 aliphatic carbocycles. The lowest BCUT2D eigenvalue weighted by atomic mass is 10.0. The van der Waals surface area contributed by atoms with E-state index in [0.717, 1.165) is 16.8 Å². The molecule has 32 heavy (non-hydrogen) atoms. The molecule has 3 N–H and O–H groups in total. The van der Waals surface area contributed by atoms with Crippen LogP contribution in [0.5, 0.6) is 0 Å². The van der Waals surface area contributed by atoms with Crippen molar-refractivity contribution in [1.82, 2.24) is 15.6 Å². The topological polar surface area (TPSA) is 97.3 Å². The molecule has 2 aromatic rings. The van der Waals surface area contributed by atoms with Crippen molar-refractivity contribution in [3.63, 3.8) is 0 Å². The van der Waals surface area contributed by atoms with Crippen LogP contribution in [0.4, 0.5) is 5.69 Å². The van der Waals surface area contributed by atoms with Crippen molar-refractivity contribution in [2.75, 3.05) is 32.6 Å². The third-order valence-corrected chi connectivity index (χ3v) is 5.40. The number of nitrogens with one attached hydrogen (secondary N) is 2. The number of benzene rings is 2. The maximum Gasteiger partial charge on any atom is 0.268 e. The van der Waals surface area contributed by atoms with Crippen LogP contribution in [-0.4, -0.2) is 67.5 Å². The predicted octanol–water partition coefficient (Wildman–Crippen LogP) is 1.15. The van der Waals surface area contributed by atoms with Gasteiger partial charge in [0, 0.05) is 39.9 Å². The largest absolute Gasteiger partial charge is 0.390 e. The monoisotopic (exact) mass is 437 g/mol. The second-order valence-corrected chi connectivity index (χ2v) is 8.17. The zero-order chi connectivity index (χ0) is 23.1. The highest BCUT2D eigenvalue weighted by Crippen LogP contribution is 2.13. The summed E-state index contributed by atoms with van der Waals surface area (Å²) in [5, 5.41) is 22.2. The van der Waals surface area contributed by atoms with Crippen molar-refractivity contribution < 1.29 is 14.7 Å². The Morgan fingerprint density at radius 3 is 2.53 bits per heavy atom. The van der Waals surface area contributed by atoms with Crippen molar-refractivity contribution in [2.24, 2.45) is 5.10 Å². The molecule has 0 fully saturated rings. The summed E-state index contributed by atoms with van der Waals surface area (Å²) in [4.78, 5) is 26.4. The number of amides is 2. The fourth-order valence-electron chi connectivity index (χ4n) is 3.51. The molecule has 1 heterocycles.